The van der Waals surface area contributed by atoms with Crippen LogP contribution in [0, 0.1) is 5.82 Å². The Hall–Kier alpha value is -1.79. The van der Waals surface area contributed by atoms with Crippen molar-refractivity contribution in [3.8, 4) is 10.6 Å². The number of amides is 1. The van der Waals surface area contributed by atoms with Crippen LogP contribution in [0.2, 0.25) is 0 Å². The summed E-state index contributed by atoms with van der Waals surface area (Å²) < 4.78 is 18.2. The van der Waals surface area contributed by atoms with Crippen LogP contribution >= 0.6 is 11.3 Å². The first kappa shape index (κ1) is 14.2. The van der Waals surface area contributed by atoms with Crippen LogP contribution in [-0.2, 0) is 22.5 Å². The van der Waals surface area contributed by atoms with Gasteiger partial charge in [-0.2, -0.15) is 0 Å². The third-order valence-electron chi connectivity index (χ3n) is 3.42. The molecule has 1 aliphatic heterocycles. The van der Waals surface area contributed by atoms with Crippen molar-refractivity contribution in [3.63, 3.8) is 0 Å². The monoisotopic (exact) mass is 306 g/mol. The van der Waals surface area contributed by atoms with Gasteiger partial charge >= 0.3 is 0 Å². The second-order valence-electron chi connectivity index (χ2n) is 4.90. The average molecular weight is 306 g/mol. The maximum atomic E-state index is 13.3. The van der Waals surface area contributed by atoms with Crippen molar-refractivity contribution in [2.24, 2.45) is 0 Å². The zero-order chi connectivity index (χ0) is 14.8. The molecule has 0 radical (unpaired) electrons. The fourth-order valence-corrected chi connectivity index (χ4v) is 3.49. The van der Waals surface area contributed by atoms with E-state index >= 15 is 0 Å². The Balaban J connectivity index is 1.83. The third-order valence-corrected chi connectivity index (χ3v) is 4.55. The number of methoxy groups -OCH3 is 1. The molecule has 2 heterocycles. The van der Waals surface area contributed by atoms with Gasteiger partial charge in [-0.1, -0.05) is 12.1 Å². The van der Waals surface area contributed by atoms with Gasteiger partial charge in [0.15, 0.2) is 0 Å². The van der Waals surface area contributed by atoms with E-state index in [0.717, 1.165) is 27.6 Å². The molecule has 0 unspecified atom stereocenters. The minimum Gasteiger partial charge on any atom is -0.375 e. The molecule has 0 saturated carbocycles. The number of rotatable bonds is 3. The van der Waals surface area contributed by atoms with E-state index in [-0.39, 0.29) is 18.3 Å². The van der Waals surface area contributed by atoms with Crippen LogP contribution in [0.25, 0.3) is 10.6 Å². The largest absolute Gasteiger partial charge is 0.375 e. The molecule has 0 bridgehead atoms. The lowest BCUT2D eigenvalue weighted by atomic mass is 10.1. The summed E-state index contributed by atoms with van der Waals surface area (Å²) in [6.07, 6.45) is 0.733. The number of hydrogen-bond acceptors (Lipinski definition) is 4. The topological polar surface area (TPSA) is 42.4 Å². The number of nitrogens with zero attached hydrogens (tertiary/aromatic N) is 2. The van der Waals surface area contributed by atoms with Crippen molar-refractivity contribution in [3.05, 3.63) is 40.7 Å². The number of thiazole rings is 1. The number of halogens is 1. The number of aromatic nitrogens is 1. The van der Waals surface area contributed by atoms with Crippen molar-refractivity contribution in [2.45, 2.75) is 13.0 Å². The number of fused-ring (bicyclic) bond motifs is 1. The quantitative estimate of drug-likeness (QED) is 0.875. The molecule has 1 amide bonds. The molecule has 1 aromatic carbocycles. The minimum atomic E-state index is -0.266. The van der Waals surface area contributed by atoms with Gasteiger partial charge in [0.05, 0.1) is 12.2 Å². The Labute approximate surface area is 126 Å². The first-order valence-corrected chi connectivity index (χ1v) is 7.50. The fourth-order valence-electron chi connectivity index (χ4n) is 2.37. The molecule has 21 heavy (non-hydrogen) atoms. The predicted octanol–water partition coefficient (Wildman–Crippen LogP) is 2.48. The van der Waals surface area contributed by atoms with Crippen molar-refractivity contribution in [1.29, 1.82) is 0 Å². The molecule has 0 atom stereocenters. The van der Waals surface area contributed by atoms with E-state index in [4.69, 9.17) is 4.74 Å². The molecule has 0 fully saturated rings. The van der Waals surface area contributed by atoms with Gasteiger partial charge in [-0.25, -0.2) is 9.37 Å². The van der Waals surface area contributed by atoms with Gasteiger partial charge in [0.25, 0.3) is 0 Å². The highest BCUT2D eigenvalue weighted by Gasteiger charge is 2.24. The minimum absolute atomic E-state index is 0.0103. The van der Waals surface area contributed by atoms with Crippen LogP contribution in [0.4, 0.5) is 4.39 Å². The number of carbonyl (C=O) groups is 1. The van der Waals surface area contributed by atoms with Crippen molar-refractivity contribution >= 4 is 17.2 Å². The summed E-state index contributed by atoms with van der Waals surface area (Å²) in [6.45, 7) is 1.32. The molecule has 6 heteroatoms. The summed E-state index contributed by atoms with van der Waals surface area (Å²) in [7, 11) is 1.52. The van der Waals surface area contributed by atoms with Crippen molar-refractivity contribution < 1.29 is 13.9 Å². The Morgan fingerprint density at radius 1 is 1.52 bits per heavy atom. The Bertz CT molecular complexity index is 671. The van der Waals surface area contributed by atoms with Gasteiger partial charge in [0.1, 0.15) is 17.4 Å². The molecule has 0 aliphatic carbocycles. The second kappa shape index (κ2) is 5.91. The SMILES string of the molecule is COCC(=O)N1CCc2nc(-c3cccc(F)c3)sc2C1. The van der Waals surface area contributed by atoms with E-state index in [0.29, 0.717) is 13.1 Å². The molecule has 1 aromatic heterocycles. The standard InChI is InChI=1S/C15H15FN2O2S/c1-20-9-14(19)18-6-5-12-13(8-18)21-15(17-12)10-3-2-4-11(16)7-10/h2-4,7H,5-6,8-9H2,1H3. The van der Waals surface area contributed by atoms with Gasteiger partial charge in [-0.15, -0.1) is 11.3 Å². The highest BCUT2D eigenvalue weighted by Crippen LogP contribution is 2.31. The van der Waals surface area contributed by atoms with Gasteiger partial charge < -0.3 is 9.64 Å². The summed E-state index contributed by atoms with van der Waals surface area (Å²) >= 11 is 1.52. The molecule has 4 nitrogen and oxygen atoms in total. The van der Waals surface area contributed by atoms with Crippen molar-refractivity contribution in [2.75, 3.05) is 20.3 Å². The van der Waals surface area contributed by atoms with E-state index < -0.39 is 0 Å². The van der Waals surface area contributed by atoms with E-state index in [1.54, 1.807) is 11.0 Å². The molecular weight excluding hydrogens is 291 g/mol. The zero-order valence-electron chi connectivity index (χ0n) is 11.6. The van der Waals surface area contributed by atoms with Crippen LogP contribution in [0.1, 0.15) is 10.6 Å². The second-order valence-corrected chi connectivity index (χ2v) is 5.98. The van der Waals surface area contributed by atoms with Gasteiger partial charge in [0.2, 0.25) is 5.91 Å². The van der Waals surface area contributed by atoms with Crippen LogP contribution < -0.4 is 0 Å². The lowest BCUT2D eigenvalue weighted by molar-refractivity contribution is -0.136. The molecule has 2 aromatic rings. The highest BCUT2D eigenvalue weighted by molar-refractivity contribution is 7.15. The molecular formula is C15H15FN2O2S. The van der Waals surface area contributed by atoms with Gasteiger partial charge in [-0.3, -0.25) is 4.79 Å². The van der Waals surface area contributed by atoms with E-state index in [9.17, 15) is 9.18 Å². The maximum absolute atomic E-state index is 13.3. The van der Waals surface area contributed by atoms with Gasteiger partial charge in [-0.05, 0) is 12.1 Å². The number of benzene rings is 1. The predicted molar refractivity (Wildman–Crippen MR) is 78.5 cm³/mol. The van der Waals surface area contributed by atoms with Crippen LogP contribution in [0.3, 0.4) is 0 Å². The first-order valence-electron chi connectivity index (χ1n) is 6.68. The number of ether oxygens (including phenoxy) is 1. The lowest BCUT2D eigenvalue weighted by Crippen LogP contribution is -2.37. The maximum Gasteiger partial charge on any atom is 0.248 e. The highest BCUT2D eigenvalue weighted by atomic mass is 32.1. The van der Waals surface area contributed by atoms with Crippen LogP contribution in [-0.4, -0.2) is 36.1 Å². The van der Waals surface area contributed by atoms with E-state index in [1.165, 1.54) is 30.6 Å². The summed E-state index contributed by atoms with van der Waals surface area (Å²) in [6, 6.07) is 6.43. The third kappa shape index (κ3) is 2.96. The van der Waals surface area contributed by atoms with Crippen LogP contribution in [0.5, 0.6) is 0 Å². The Kier molecular flexibility index (Phi) is 3.98. The number of carbonyl (C=O) groups excluding carboxylic acids is 1. The lowest BCUT2D eigenvalue weighted by Gasteiger charge is -2.25. The van der Waals surface area contributed by atoms with E-state index in [1.807, 2.05) is 6.07 Å². The molecule has 0 N–H and O–H groups in total. The molecule has 0 spiro atoms. The van der Waals surface area contributed by atoms with Crippen LogP contribution in [0.15, 0.2) is 24.3 Å². The Morgan fingerprint density at radius 3 is 3.14 bits per heavy atom. The average Bonchev–Trinajstić information content (AvgIpc) is 2.90. The normalized spacial score (nSPS) is 14.1. The van der Waals surface area contributed by atoms with Crippen molar-refractivity contribution in [1.82, 2.24) is 9.88 Å². The van der Waals surface area contributed by atoms with E-state index in [2.05, 4.69) is 4.98 Å². The molecule has 1 aliphatic rings. The Morgan fingerprint density at radius 2 is 2.38 bits per heavy atom. The molecule has 3 rings (SSSR count). The summed E-state index contributed by atoms with van der Waals surface area (Å²) in [4.78, 5) is 19.3. The summed E-state index contributed by atoms with van der Waals surface area (Å²) in [5, 5.41) is 0.806. The molecule has 110 valence electrons. The summed E-state index contributed by atoms with van der Waals surface area (Å²) in [5.41, 5.74) is 1.80. The fraction of sp³-hybridized carbons (Fsp3) is 0.333. The summed E-state index contributed by atoms with van der Waals surface area (Å²) in [5.74, 6) is -0.276. The van der Waals surface area contributed by atoms with Gasteiger partial charge in [0, 0.05) is 30.5 Å². The zero-order valence-corrected chi connectivity index (χ0v) is 12.5. The molecule has 0 saturated heterocycles. The first-order chi connectivity index (χ1) is 10.2. The smallest absolute Gasteiger partial charge is 0.248 e. The number of hydrogen-bond donors (Lipinski definition) is 0.